The molecule has 0 atom stereocenters. The third-order valence-electron chi connectivity index (χ3n) is 3.08. The van der Waals surface area contributed by atoms with Crippen LogP contribution in [0.2, 0.25) is 0 Å². The fraction of sp³-hybridized carbons (Fsp3) is 0.333. The number of carbonyl (C=O) groups is 1. The molecule has 0 N–H and O–H groups in total. The van der Waals surface area contributed by atoms with E-state index in [9.17, 15) is 9.59 Å². The lowest BCUT2D eigenvalue weighted by Gasteiger charge is -2.05. The van der Waals surface area contributed by atoms with Gasteiger partial charge in [-0.15, -0.1) is 0 Å². The minimum absolute atomic E-state index is 0.0345. The number of fused-ring (bicyclic) bond motifs is 1. The Kier molecular flexibility index (Phi) is 4.00. The van der Waals surface area contributed by atoms with E-state index in [0.717, 1.165) is 16.8 Å². The molecule has 0 amide bonds. The fourth-order valence-corrected chi connectivity index (χ4v) is 2.25. The van der Waals surface area contributed by atoms with Crippen LogP contribution in [0.25, 0.3) is 11.3 Å². The summed E-state index contributed by atoms with van der Waals surface area (Å²) in [5.74, 6) is -0.384. The van der Waals surface area contributed by atoms with Crippen LogP contribution in [0.1, 0.15) is 19.4 Å². The zero-order valence-corrected chi connectivity index (χ0v) is 11.2. The van der Waals surface area contributed by atoms with Gasteiger partial charge in [0, 0.05) is 11.1 Å². The van der Waals surface area contributed by atoms with Gasteiger partial charge in [-0.3, -0.25) is 14.2 Å². The molecule has 1 aliphatic carbocycles. The molecule has 4 nitrogen and oxygen atoms in total. The highest BCUT2D eigenvalue weighted by atomic mass is 16.5. The molecule has 4 heteroatoms. The molecular weight excluding hydrogens is 242 g/mol. The van der Waals surface area contributed by atoms with E-state index in [2.05, 4.69) is 0 Å². The van der Waals surface area contributed by atoms with Crippen molar-refractivity contribution in [3.8, 4) is 11.3 Å². The maximum absolute atomic E-state index is 12.3. The van der Waals surface area contributed by atoms with E-state index in [0.29, 0.717) is 13.0 Å². The van der Waals surface area contributed by atoms with E-state index < -0.39 is 0 Å². The van der Waals surface area contributed by atoms with E-state index in [4.69, 9.17) is 4.74 Å². The summed E-state index contributed by atoms with van der Waals surface area (Å²) in [4.78, 5) is 23.9. The zero-order valence-electron chi connectivity index (χ0n) is 11.2. The molecule has 1 heterocycles. The van der Waals surface area contributed by atoms with Gasteiger partial charge >= 0.3 is 5.97 Å². The van der Waals surface area contributed by atoms with Gasteiger partial charge in [0.1, 0.15) is 6.54 Å². The van der Waals surface area contributed by atoms with Gasteiger partial charge < -0.3 is 4.74 Å². The van der Waals surface area contributed by atoms with Gasteiger partial charge in [-0.25, -0.2) is 0 Å². The van der Waals surface area contributed by atoms with Crippen molar-refractivity contribution >= 4 is 5.97 Å². The molecule has 100 valence electrons. The fourth-order valence-electron chi connectivity index (χ4n) is 2.25. The molecule has 0 aromatic rings. The Morgan fingerprint density at radius 3 is 2.63 bits per heavy atom. The van der Waals surface area contributed by atoms with Crippen LogP contribution >= 0.6 is 0 Å². The summed E-state index contributed by atoms with van der Waals surface area (Å²) in [6, 6.07) is 9.43. The molecule has 0 aromatic heterocycles. The molecule has 0 unspecified atom stereocenters. The lowest BCUT2D eigenvalue weighted by Crippen LogP contribution is -2.23. The summed E-state index contributed by atoms with van der Waals surface area (Å²) < 4.78 is 6.41. The Balaban J connectivity index is 2.53. The lowest BCUT2D eigenvalue weighted by molar-refractivity contribution is -0.143. The Morgan fingerprint density at radius 2 is 1.95 bits per heavy atom. The smallest absolute Gasteiger partial charge is 0.326 e. The Bertz CT molecular complexity index is 615. The summed E-state index contributed by atoms with van der Waals surface area (Å²) in [6.07, 6.45) is 0.648. The van der Waals surface area contributed by atoms with Crippen LogP contribution in [0.4, 0.5) is 0 Å². The minimum Gasteiger partial charge on any atom is -0.465 e. The molecule has 19 heavy (non-hydrogen) atoms. The minimum atomic E-state index is -0.384. The highest BCUT2D eigenvalue weighted by molar-refractivity contribution is 5.73. The van der Waals surface area contributed by atoms with Crippen molar-refractivity contribution in [3.63, 3.8) is 0 Å². The molecule has 0 saturated carbocycles. The van der Waals surface area contributed by atoms with Crippen molar-refractivity contribution in [2.24, 2.45) is 0 Å². The van der Waals surface area contributed by atoms with Gasteiger partial charge in [-0.2, -0.15) is 0 Å². The predicted octanol–water partition coefficient (Wildman–Crippen LogP) is 2.08. The number of hydrogen-bond donors (Lipinski definition) is 0. The molecule has 2 rings (SSSR count). The number of ether oxygens (including phenoxy) is 1. The number of hydrogen-bond acceptors (Lipinski definition) is 3. The van der Waals surface area contributed by atoms with Gasteiger partial charge in [0.15, 0.2) is 0 Å². The topological polar surface area (TPSA) is 48.3 Å². The van der Waals surface area contributed by atoms with Crippen molar-refractivity contribution < 1.29 is 9.53 Å². The monoisotopic (exact) mass is 259 g/mol. The van der Waals surface area contributed by atoms with Crippen LogP contribution in [-0.2, 0) is 22.5 Å². The Labute approximate surface area is 112 Å². The zero-order chi connectivity index (χ0) is 13.8. The number of rotatable bonds is 4. The van der Waals surface area contributed by atoms with Gasteiger partial charge in [0.2, 0.25) is 0 Å². The van der Waals surface area contributed by atoms with Crippen LogP contribution in [0.3, 0.4) is 0 Å². The maximum Gasteiger partial charge on any atom is 0.326 e. The quantitative estimate of drug-likeness (QED) is 0.790. The molecule has 0 radical (unpaired) electrons. The van der Waals surface area contributed by atoms with Gasteiger partial charge in [-0.1, -0.05) is 31.2 Å². The van der Waals surface area contributed by atoms with Crippen LogP contribution in [0, 0.1) is 0 Å². The van der Waals surface area contributed by atoms with E-state index >= 15 is 0 Å². The molecule has 0 bridgehead atoms. The van der Waals surface area contributed by atoms with Gasteiger partial charge in [0.25, 0.3) is 5.56 Å². The van der Waals surface area contributed by atoms with Crippen molar-refractivity contribution in [2.45, 2.75) is 26.8 Å². The first-order valence-corrected chi connectivity index (χ1v) is 6.45. The Morgan fingerprint density at radius 1 is 1.21 bits per heavy atom. The summed E-state index contributed by atoms with van der Waals surface area (Å²) in [6.45, 7) is 3.98. The van der Waals surface area contributed by atoms with E-state index in [-0.39, 0.29) is 18.1 Å². The van der Waals surface area contributed by atoms with Gasteiger partial charge in [0.05, 0.1) is 12.3 Å². The van der Waals surface area contributed by atoms with Crippen molar-refractivity contribution in [1.29, 1.82) is 0 Å². The second kappa shape index (κ2) is 5.69. The first kappa shape index (κ1) is 13.3. The largest absolute Gasteiger partial charge is 0.465 e. The van der Waals surface area contributed by atoms with Crippen LogP contribution < -0.4 is 5.56 Å². The second-order valence-electron chi connectivity index (χ2n) is 4.24. The molecule has 2 aliphatic rings. The summed E-state index contributed by atoms with van der Waals surface area (Å²) in [7, 11) is 0. The SMILES string of the molecule is CCOC(=O)Cn1c2cccccc-2c(CC)c1=O. The highest BCUT2D eigenvalue weighted by Crippen LogP contribution is 2.23. The summed E-state index contributed by atoms with van der Waals surface area (Å²) in [5, 5.41) is 0. The molecular formula is C15H17NO3. The van der Waals surface area contributed by atoms with Crippen LogP contribution in [-0.4, -0.2) is 17.1 Å². The number of carbonyl (C=O) groups excluding carboxylic acids is 1. The molecule has 0 saturated heterocycles. The van der Waals surface area contributed by atoms with Crippen molar-refractivity contribution in [2.75, 3.05) is 6.61 Å². The van der Waals surface area contributed by atoms with Crippen LogP contribution in [0.15, 0.2) is 35.1 Å². The normalized spacial score (nSPS) is 10.6. The maximum atomic E-state index is 12.3. The number of aromatic nitrogens is 1. The van der Waals surface area contributed by atoms with Gasteiger partial charge in [-0.05, 0) is 19.4 Å². The first-order valence-electron chi connectivity index (χ1n) is 6.45. The van der Waals surface area contributed by atoms with Crippen LogP contribution in [0.5, 0.6) is 0 Å². The molecule has 0 spiro atoms. The third-order valence-corrected chi connectivity index (χ3v) is 3.08. The Hall–Kier alpha value is -2.10. The summed E-state index contributed by atoms with van der Waals surface area (Å²) in [5.41, 5.74) is 2.33. The van der Waals surface area contributed by atoms with Crippen molar-refractivity contribution in [3.05, 3.63) is 46.2 Å². The third kappa shape index (κ3) is 2.52. The molecule has 1 aliphatic heterocycles. The molecule has 0 fully saturated rings. The second-order valence-corrected chi connectivity index (χ2v) is 4.24. The number of esters is 1. The first-order chi connectivity index (χ1) is 9.19. The summed E-state index contributed by atoms with van der Waals surface area (Å²) >= 11 is 0. The highest BCUT2D eigenvalue weighted by Gasteiger charge is 2.19. The average molecular weight is 259 g/mol. The predicted molar refractivity (Wildman–Crippen MR) is 73.3 cm³/mol. The molecule has 0 aromatic carbocycles. The number of nitrogens with zero attached hydrogens (tertiary/aromatic N) is 1. The lowest BCUT2D eigenvalue weighted by atomic mass is 10.1. The van der Waals surface area contributed by atoms with E-state index in [1.54, 1.807) is 6.92 Å². The standard InChI is InChI=1S/C15H17NO3/c1-3-11-12-8-6-5-7-9-13(12)16(15(11)18)10-14(17)19-4-2/h5-9H,3-4,10H2,1-2H3. The average Bonchev–Trinajstić information content (AvgIpc) is 2.57. The van der Waals surface area contributed by atoms with E-state index in [1.165, 1.54) is 4.57 Å². The van der Waals surface area contributed by atoms with E-state index in [1.807, 2.05) is 37.3 Å². The van der Waals surface area contributed by atoms with Crippen molar-refractivity contribution in [1.82, 2.24) is 4.57 Å².